The SMILES string of the molecule is CN(C)S(=O)(=O)c1cccc(S(=O)(=O)c2ccc(CNC(=O)c3cc4ccncc4o3)cc2)c1. The molecule has 11 heteroatoms. The zero-order valence-electron chi connectivity index (χ0n) is 18.3. The molecule has 9 nitrogen and oxygen atoms in total. The fraction of sp³-hybridized carbons (Fsp3) is 0.130. The van der Waals surface area contributed by atoms with Gasteiger partial charge in [-0.3, -0.25) is 9.78 Å². The van der Waals surface area contributed by atoms with E-state index >= 15 is 0 Å². The molecule has 34 heavy (non-hydrogen) atoms. The summed E-state index contributed by atoms with van der Waals surface area (Å²) in [6.07, 6.45) is 3.13. The second kappa shape index (κ2) is 9.01. The Labute approximate surface area is 197 Å². The van der Waals surface area contributed by atoms with Gasteiger partial charge in [-0.25, -0.2) is 21.1 Å². The molecule has 0 atom stereocenters. The van der Waals surface area contributed by atoms with E-state index in [1.54, 1.807) is 30.5 Å². The zero-order chi connectivity index (χ0) is 24.5. The van der Waals surface area contributed by atoms with Crippen LogP contribution in [0.5, 0.6) is 0 Å². The number of fused-ring (bicyclic) bond motifs is 1. The Hall–Kier alpha value is -3.54. The van der Waals surface area contributed by atoms with E-state index in [1.807, 2.05) is 0 Å². The third kappa shape index (κ3) is 4.58. The summed E-state index contributed by atoms with van der Waals surface area (Å²) in [6, 6.07) is 14.6. The maximum atomic E-state index is 13.0. The third-order valence-corrected chi connectivity index (χ3v) is 8.71. The number of hydrogen-bond acceptors (Lipinski definition) is 7. The Kier molecular flexibility index (Phi) is 6.26. The Bertz CT molecular complexity index is 1540. The van der Waals surface area contributed by atoms with E-state index in [1.165, 1.54) is 50.6 Å². The summed E-state index contributed by atoms with van der Waals surface area (Å²) in [7, 11) is -4.97. The Morgan fingerprint density at radius 1 is 0.941 bits per heavy atom. The largest absolute Gasteiger partial charge is 0.449 e. The Balaban J connectivity index is 1.49. The van der Waals surface area contributed by atoms with E-state index in [-0.39, 0.29) is 27.0 Å². The van der Waals surface area contributed by atoms with Crippen LogP contribution in [0, 0.1) is 0 Å². The van der Waals surface area contributed by atoms with Crippen LogP contribution in [0.2, 0.25) is 0 Å². The van der Waals surface area contributed by atoms with Crippen LogP contribution in [-0.4, -0.2) is 46.1 Å². The smallest absolute Gasteiger partial charge is 0.287 e. The normalized spacial score (nSPS) is 12.2. The van der Waals surface area contributed by atoms with Crippen LogP contribution in [0.15, 0.2) is 92.2 Å². The summed E-state index contributed by atoms with van der Waals surface area (Å²) in [5.74, 6) is -0.262. The molecule has 176 valence electrons. The summed E-state index contributed by atoms with van der Waals surface area (Å²) < 4.78 is 57.3. The molecule has 2 aromatic heterocycles. The van der Waals surface area contributed by atoms with Crippen LogP contribution in [0.4, 0.5) is 0 Å². The van der Waals surface area contributed by atoms with E-state index in [4.69, 9.17) is 4.42 Å². The van der Waals surface area contributed by atoms with Gasteiger partial charge in [0.2, 0.25) is 19.9 Å². The lowest BCUT2D eigenvalue weighted by molar-refractivity contribution is 0.0925. The summed E-state index contributed by atoms with van der Waals surface area (Å²) in [5.41, 5.74) is 1.18. The molecule has 2 aromatic carbocycles. The zero-order valence-corrected chi connectivity index (χ0v) is 19.9. The van der Waals surface area contributed by atoms with Gasteiger partial charge in [-0.05, 0) is 48.0 Å². The second-order valence-corrected chi connectivity index (χ2v) is 11.7. The highest BCUT2D eigenvalue weighted by atomic mass is 32.2. The van der Waals surface area contributed by atoms with Gasteiger partial charge >= 0.3 is 0 Å². The molecular formula is C23H21N3O6S2. The number of rotatable bonds is 7. The Morgan fingerprint density at radius 3 is 2.32 bits per heavy atom. The molecular weight excluding hydrogens is 478 g/mol. The number of nitrogens with one attached hydrogen (secondary N) is 1. The van der Waals surface area contributed by atoms with Crippen LogP contribution in [-0.2, 0) is 26.4 Å². The molecule has 0 aliphatic rings. The molecule has 0 spiro atoms. The van der Waals surface area contributed by atoms with Crippen LogP contribution in [0.3, 0.4) is 0 Å². The van der Waals surface area contributed by atoms with Crippen molar-refractivity contribution in [1.82, 2.24) is 14.6 Å². The second-order valence-electron chi connectivity index (χ2n) is 7.62. The standard InChI is InChI=1S/C23H21N3O6S2/c1-26(2)34(30,31)20-5-3-4-19(13-20)33(28,29)18-8-6-16(7-9-18)14-25-23(27)21-12-17-10-11-24-15-22(17)32-21/h3-13,15H,14H2,1-2H3,(H,25,27). The van der Waals surface area contributed by atoms with Crippen LogP contribution >= 0.6 is 0 Å². The van der Waals surface area contributed by atoms with Crippen molar-refractivity contribution in [2.24, 2.45) is 0 Å². The topological polar surface area (TPSA) is 127 Å². The first-order valence-corrected chi connectivity index (χ1v) is 13.0. The molecule has 4 aromatic rings. The van der Waals surface area contributed by atoms with E-state index in [0.29, 0.717) is 11.1 Å². The number of aromatic nitrogens is 1. The highest BCUT2D eigenvalue weighted by Gasteiger charge is 2.23. The fourth-order valence-electron chi connectivity index (χ4n) is 3.20. The molecule has 0 radical (unpaired) electrons. The summed E-state index contributed by atoms with van der Waals surface area (Å²) in [5, 5.41) is 3.49. The molecule has 1 N–H and O–H groups in total. The molecule has 0 saturated carbocycles. The molecule has 4 rings (SSSR count). The lowest BCUT2D eigenvalue weighted by Crippen LogP contribution is -2.22. The summed E-state index contributed by atoms with van der Waals surface area (Å²) >= 11 is 0. The molecule has 0 bridgehead atoms. The first-order valence-electron chi connectivity index (χ1n) is 10.1. The van der Waals surface area contributed by atoms with Gasteiger partial charge in [-0.2, -0.15) is 0 Å². The number of hydrogen-bond donors (Lipinski definition) is 1. The number of sulfonamides is 1. The summed E-state index contributed by atoms with van der Waals surface area (Å²) in [4.78, 5) is 16.1. The van der Waals surface area contributed by atoms with Gasteiger partial charge < -0.3 is 9.73 Å². The number of amides is 1. The van der Waals surface area contributed by atoms with Gasteiger partial charge in [0.05, 0.1) is 20.9 Å². The minimum atomic E-state index is -3.94. The predicted molar refractivity (Wildman–Crippen MR) is 124 cm³/mol. The van der Waals surface area contributed by atoms with Crippen LogP contribution in [0.25, 0.3) is 11.0 Å². The third-order valence-electron chi connectivity index (χ3n) is 5.13. The van der Waals surface area contributed by atoms with Crippen LogP contribution < -0.4 is 5.32 Å². The molecule has 1 amide bonds. The van der Waals surface area contributed by atoms with Gasteiger partial charge in [0, 0.05) is 32.2 Å². The lowest BCUT2D eigenvalue weighted by atomic mass is 10.2. The number of sulfone groups is 1. The van der Waals surface area contributed by atoms with Gasteiger partial charge in [0.1, 0.15) is 0 Å². The predicted octanol–water partition coefficient (Wildman–Crippen LogP) is 2.84. The van der Waals surface area contributed by atoms with Crippen molar-refractivity contribution in [2.45, 2.75) is 21.2 Å². The van der Waals surface area contributed by atoms with Crippen LogP contribution in [0.1, 0.15) is 16.1 Å². The van der Waals surface area contributed by atoms with Crippen molar-refractivity contribution in [1.29, 1.82) is 0 Å². The summed E-state index contributed by atoms with van der Waals surface area (Å²) in [6.45, 7) is 0.158. The first-order chi connectivity index (χ1) is 16.1. The highest BCUT2D eigenvalue weighted by Crippen LogP contribution is 2.24. The molecule has 0 saturated heterocycles. The number of furan rings is 1. The van der Waals surface area contributed by atoms with E-state index in [0.717, 1.165) is 15.8 Å². The number of pyridine rings is 1. The molecule has 0 fully saturated rings. The Morgan fingerprint density at radius 2 is 1.65 bits per heavy atom. The van der Waals surface area contributed by atoms with Gasteiger partial charge in [-0.1, -0.05) is 18.2 Å². The maximum absolute atomic E-state index is 13.0. The monoisotopic (exact) mass is 499 g/mol. The molecule has 0 unspecified atom stereocenters. The van der Waals surface area contributed by atoms with Crippen molar-refractivity contribution in [3.05, 3.63) is 84.4 Å². The van der Waals surface area contributed by atoms with E-state index in [9.17, 15) is 21.6 Å². The lowest BCUT2D eigenvalue weighted by Gasteiger charge is -2.12. The van der Waals surface area contributed by atoms with E-state index in [2.05, 4.69) is 10.3 Å². The number of nitrogens with zero attached hydrogens (tertiary/aromatic N) is 2. The van der Waals surface area contributed by atoms with Crippen molar-refractivity contribution < 1.29 is 26.0 Å². The maximum Gasteiger partial charge on any atom is 0.287 e. The van der Waals surface area contributed by atoms with Crippen molar-refractivity contribution in [2.75, 3.05) is 14.1 Å². The first kappa shape index (κ1) is 23.6. The molecule has 0 aliphatic heterocycles. The highest BCUT2D eigenvalue weighted by molar-refractivity contribution is 7.91. The van der Waals surface area contributed by atoms with Gasteiger partial charge in [0.25, 0.3) is 5.91 Å². The van der Waals surface area contributed by atoms with Gasteiger partial charge in [0.15, 0.2) is 11.3 Å². The minimum absolute atomic E-state index is 0.00626. The molecule has 0 aliphatic carbocycles. The van der Waals surface area contributed by atoms with Crippen molar-refractivity contribution >= 4 is 36.7 Å². The van der Waals surface area contributed by atoms with Crippen molar-refractivity contribution in [3.63, 3.8) is 0 Å². The number of carbonyl (C=O) groups is 1. The van der Waals surface area contributed by atoms with E-state index < -0.39 is 25.8 Å². The fourth-order valence-corrected chi connectivity index (χ4v) is 5.53. The van der Waals surface area contributed by atoms with Gasteiger partial charge in [-0.15, -0.1) is 0 Å². The molecule has 2 heterocycles. The minimum Gasteiger partial charge on any atom is -0.449 e. The number of carbonyl (C=O) groups excluding carboxylic acids is 1. The van der Waals surface area contributed by atoms with Crippen molar-refractivity contribution in [3.8, 4) is 0 Å². The average molecular weight is 500 g/mol. The number of benzene rings is 2. The average Bonchev–Trinajstić information content (AvgIpc) is 3.27. The quantitative estimate of drug-likeness (QED) is 0.414.